The second-order valence-corrected chi connectivity index (χ2v) is 5.66. The minimum absolute atomic E-state index is 0.119. The number of nitrogens with two attached hydrogens (primary N) is 1. The predicted octanol–water partition coefficient (Wildman–Crippen LogP) is -0.658. The zero-order valence-electron chi connectivity index (χ0n) is 10.2. The van der Waals surface area contributed by atoms with E-state index >= 15 is 0 Å². The Labute approximate surface area is 109 Å². The largest absolute Gasteiger partial charge is 0.351 e. The average molecular weight is 290 g/mol. The molecule has 0 aliphatic rings. The average Bonchev–Trinajstić information content (AvgIpc) is 2.65. The van der Waals surface area contributed by atoms with Crippen molar-refractivity contribution in [2.45, 2.75) is 6.42 Å². The first-order valence-electron chi connectivity index (χ1n) is 5.30. The third-order valence-electron chi connectivity index (χ3n) is 2.33. The van der Waals surface area contributed by atoms with Crippen LogP contribution in [-0.2, 0) is 17.1 Å². The van der Waals surface area contributed by atoms with Crippen LogP contribution in [0, 0.1) is 10.1 Å². The van der Waals surface area contributed by atoms with E-state index in [-0.39, 0.29) is 30.1 Å². The maximum Gasteiger partial charge on any atom is 0.287 e. The highest BCUT2D eigenvalue weighted by Gasteiger charge is 2.17. The first-order valence-corrected chi connectivity index (χ1v) is 7.01. The topological polar surface area (TPSA) is 137 Å². The monoisotopic (exact) mass is 290 g/mol. The molecule has 1 aromatic heterocycles. The summed E-state index contributed by atoms with van der Waals surface area (Å²) < 4.78 is 22.7. The van der Waals surface area contributed by atoms with Crippen molar-refractivity contribution in [2.24, 2.45) is 12.2 Å². The van der Waals surface area contributed by atoms with Gasteiger partial charge in [-0.2, -0.15) is 0 Å². The number of nitro groups is 1. The summed E-state index contributed by atoms with van der Waals surface area (Å²) in [6.45, 7) is 0.119. The number of aryl methyl sites for hydroxylation is 1. The van der Waals surface area contributed by atoms with Crippen molar-refractivity contribution in [3.63, 3.8) is 0 Å². The summed E-state index contributed by atoms with van der Waals surface area (Å²) in [5.74, 6) is -0.745. The molecule has 0 unspecified atom stereocenters. The predicted molar refractivity (Wildman–Crippen MR) is 67.0 cm³/mol. The summed E-state index contributed by atoms with van der Waals surface area (Å²) in [7, 11) is -2.04. The molecular weight excluding hydrogens is 276 g/mol. The van der Waals surface area contributed by atoms with Crippen LogP contribution in [0.2, 0.25) is 0 Å². The number of hydrogen-bond acceptors (Lipinski definition) is 5. The van der Waals surface area contributed by atoms with Gasteiger partial charge in [0.2, 0.25) is 10.0 Å². The van der Waals surface area contributed by atoms with Gasteiger partial charge in [-0.05, 0) is 6.42 Å². The van der Waals surface area contributed by atoms with E-state index in [2.05, 4.69) is 5.32 Å². The van der Waals surface area contributed by atoms with E-state index in [0.717, 1.165) is 6.07 Å². The van der Waals surface area contributed by atoms with Crippen molar-refractivity contribution in [2.75, 3.05) is 12.3 Å². The molecule has 0 aromatic carbocycles. The molecule has 0 bridgehead atoms. The maximum absolute atomic E-state index is 11.7. The summed E-state index contributed by atoms with van der Waals surface area (Å²) in [5, 5.41) is 17.8. The van der Waals surface area contributed by atoms with Gasteiger partial charge in [-0.3, -0.25) is 14.9 Å². The minimum Gasteiger partial charge on any atom is -0.351 e. The number of rotatable bonds is 6. The number of carbonyl (C=O) groups is 1. The fourth-order valence-corrected chi connectivity index (χ4v) is 1.99. The SMILES string of the molecule is Cn1cc([N+](=O)[O-])cc1C(=O)NCCCS(N)(=O)=O. The quantitative estimate of drug-likeness (QED) is 0.407. The maximum atomic E-state index is 11.7. The van der Waals surface area contributed by atoms with Gasteiger partial charge < -0.3 is 9.88 Å². The van der Waals surface area contributed by atoms with Crippen molar-refractivity contribution in [3.05, 3.63) is 28.1 Å². The standard InChI is InChI=1S/C9H14N4O5S/c1-12-6-7(13(15)16)5-8(12)9(14)11-3-2-4-19(10,17)18/h5-6H,2-4H2,1H3,(H,11,14)(H2,10,17,18). The number of amides is 1. The van der Waals surface area contributed by atoms with Gasteiger partial charge in [0.05, 0.1) is 16.9 Å². The van der Waals surface area contributed by atoms with Crippen LogP contribution in [0.5, 0.6) is 0 Å². The minimum atomic E-state index is -3.55. The molecular formula is C9H14N4O5S. The zero-order valence-corrected chi connectivity index (χ0v) is 11.0. The Morgan fingerprint density at radius 3 is 2.68 bits per heavy atom. The van der Waals surface area contributed by atoms with Gasteiger partial charge in [0.15, 0.2) is 0 Å². The molecule has 0 fully saturated rings. The van der Waals surface area contributed by atoms with Gasteiger partial charge in [0, 0.05) is 19.7 Å². The Kier molecular flexibility index (Phi) is 4.62. The van der Waals surface area contributed by atoms with E-state index in [1.165, 1.54) is 17.8 Å². The molecule has 1 amide bonds. The molecule has 0 aliphatic carbocycles. The summed E-state index contributed by atoms with van der Waals surface area (Å²) >= 11 is 0. The number of carbonyl (C=O) groups excluding carboxylic acids is 1. The summed E-state index contributed by atoms with van der Waals surface area (Å²) in [5.41, 5.74) is -0.0560. The van der Waals surface area contributed by atoms with Crippen molar-refractivity contribution in [1.82, 2.24) is 9.88 Å². The lowest BCUT2D eigenvalue weighted by Gasteiger charge is -2.04. The zero-order chi connectivity index (χ0) is 14.6. The lowest BCUT2D eigenvalue weighted by Crippen LogP contribution is -2.28. The number of sulfonamides is 1. The van der Waals surface area contributed by atoms with Crippen molar-refractivity contribution < 1.29 is 18.1 Å². The summed E-state index contributed by atoms with van der Waals surface area (Å²) in [4.78, 5) is 21.6. The number of nitrogens with zero attached hydrogens (tertiary/aromatic N) is 2. The van der Waals surface area contributed by atoms with Crippen LogP contribution in [0.15, 0.2) is 12.3 Å². The van der Waals surface area contributed by atoms with Crippen LogP contribution in [0.3, 0.4) is 0 Å². The molecule has 9 nitrogen and oxygen atoms in total. The smallest absolute Gasteiger partial charge is 0.287 e. The molecule has 3 N–H and O–H groups in total. The summed E-state index contributed by atoms with van der Waals surface area (Å²) in [6.07, 6.45) is 1.40. The van der Waals surface area contributed by atoms with Crippen LogP contribution in [-0.4, -0.2) is 36.1 Å². The Bertz CT molecular complexity index is 592. The van der Waals surface area contributed by atoms with E-state index in [0.29, 0.717) is 0 Å². The van der Waals surface area contributed by atoms with Crippen LogP contribution < -0.4 is 10.5 Å². The molecule has 10 heteroatoms. The lowest BCUT2D eigenvalue weighted by atomic mass is 10.3. The molecule has 0 saturated heterocycles. The fraction of sp³-hybridized carbons (Fsp3) is 0.444. The van der Waals surface area contributed by atoms with E-state index in [9.17, 15) is 23.3 Å². The third kappa shape index (κ3) is 4.67. The highest BCUT2D eigenvalue weighted by atomic mass is 32.2. The van der Waals surface area contributed by atoms with Crippen LogP contribution in [0.4, 0.5) is 5.69 Å². The Balaban J connectivity index is 2.57. The number of primary sulfonamides is 1. The van der Waals surface area contributed by atoms with Gasteiger partial charge in [-0.25, -0.2) is 13.6 Å². The van der Waals surface area contributed by atoms with Crippen LogP contribution in [0.25, 0.3) is 0 Å². The molecule has 0 atom stereocenters. The van der Waals surface area contributed by atoms with Gasteiger partial charge in [0.1, 0.15) is 5.69 Å². The number of nitrogens with one attached hydrogen (secondary N) is 1. The highest BCUT2D eigenvalue weighted by molar-refractivity contribution is 7.89. The second-order valence-electron chi connectivity index (χ2n) is 3.93. The van der Waals surface area contributed by atoms with E-state index in [1.54, 1.807) is 0 Å². The summed E-state index contributed by atoms with van der Waals surface area (Å²) in [6, 6.07) is 1.15. The molecule has 1 heterocycles. The molecule has 0 spiro atoms. The van der Waals surface area contributed by atoms with Crippen LogP contribution >= 0.6 is 0 Å². The molecule has 0 aliphatic heterocycles. The third-order valence-corrected chi connectivity index (χ3v) is 3.18. The van der Waals surface area contributed by atoms with Crippen molar-refractivity contribution in [1.29, 1.82) is 0 Å². The fourth-order valence-electron chi connectivity index (χ4n) is 1.44. The Morgan fingerprint density at radius 2 is 2.21 bits per heavy atom. The lowest BCUT2D eigenvalue weighted by molar-refractivity contribution is -0.384. The number of aromatic nitrogens is 1. The molecule has 19 heavy (non-hydrogen) atoms. The molecule has 106 valence electrons. The van der Waals surface area contributed by atoms with E-state index < -0.39 is 20.9 Å². The molecule has 1 rings (SSSR count). The van der Waals surface area contributed by atoms with E-state index in [1.807, 2.05) is 0 Å². The van der Waals surface area contributed by atoms with Gasteiger partial charge in [-0.1, -0.05) is 0 Å². The van der Waals surface area contributed by atoms with E-state index in [4.69, 9.17) is 5.14 Å². The van der Waals surface area contributed by atoms with Crippen LogP contribution in [0.1, 0.15) is 16.9 Å². The van der Waals surface area contributed by atoms with Crippen molar-refractivity contribution in [3.8, 4) is 0 Å². The number of hydrogen-bond donors (Lipinski definition) is 2. The molecule has 0 saturated carbocycles. The normalized spacial score (nSPS) is 11.3. The second kappa shape index (κ2) is 5.80. The Hall–Kier alpha value is -1.94. The first kappa shape index (κ1) is 15.1. The van der Waals surface area contributed by atoms with Gasteiger partial charge in [0.25, 0.3) is 11.6 Å². The first-order chi connectivity index (χ1) is 8.70. The highest BCUT2D eigenvalue weighted by Crippen LogP contribution is 2.14. The Morgan fingerprint density at radius 1 is 1.58 bits per heavy atom. The molecule has 0 radical (unpaired) electrons. The molecule has 1 aromatic rings. The van der Waals surface area contributed by atoms with Crippen molar-refractivity contribution >= 4 is 21.6 Å². The van der Waals surface area contributed by atoms with Gasteiger partial charge >= 0.3 is 0 Å². The van der Waals surface area contributed by atoms with Gasteiger partial charge in [-0.15, -0.1) is 0 Å².